The van der Waals surface area contributed by atoms with Crippen LogP contribution in [0.2, 0.25) is 0 Å². The standard InChI is InChI=1S/C22H18F3N5O3S/c1-13-19(27-2)20(17-9-8-14(12-26)10-18(17)34(32,33)29(3)4)28-21(31)30(13)16-7-5-6-15(11-16)22(23,24)25/h5-11,20H,1,3-4H3,(H,28,31)/t20-/m1/s1. The number of sulfonamides is 1. The van der Waals surface area contributed by atoms with E-state index < -0.39 is 33.8 Å². The van der Waals surface area contributed by atoms with Gasteiger partial charge in [-0.1, -0.05) is 12.1 Å². The molecule has 0 saturated carbocycles. The Kier molecular flexibility index (Phi) is 6.42. The molecular weight excluding hydrogens is 471 g/mol. The molecular formula is C22H18F3N5O3S. The van der Waals surface area contributed by atoms with E-state index in [-0.39, 0.29) is 33.1 Å². The van der Waals surface area contributed by atoms with Crippen LogP contribution in [0.15, 0.2) is 58.8 Å². The molecule has 1 aliphatic heterocycles. The van der Waals surface area contributed by atoms with Gasteiger partial charge in [0.05, 0.1) is 34.7 Å². The highest BCUT2D eigenvalue weighted by Crippen LogP contribution is 2.38. The number of urea groups is 1. The number of nitrogens with one attached hydrogen (secondary N) is 1. The van der Waals surface area contributed by atoms with E-state index in [1.807, 2.05) is 6.07 Å². The summed E-state index contributed by atoms with van der Waals surface area (Å²) >= 11 is 0. The number of alkyl halides is 3. The lowest BCUT2D eigenvalue weighted by Crippen LogP contribution is -2.46. The van der Waals surface area contributed by atoms with Gasteiger partial charge in [-0.15, -0.1) is 0 Å². The third-order valence-corrected chi connectivity index (χ3v) is 7.09. The molecule has 0 radical (unpaired) electrons. The Balaban J connectivity index is 2.21. The molecule has 2 aromatic rings. The summed E-state index contributed by atoms with van der Waals surface area (Å²) in [6.07, 6.45) is -4.64. The first-order valence-corrected chi connectivity index (χ1v) is 11.1. The number of benzene rings is 2. The van der Waals surface area contributed by atoms with Crippen LogP contribution in [0.5, 0.6) is 0 Å². The normalized spacial score (nSPS) is 16.8. The Bertz CT molecular complexity index is 1390. The van der Waals surface area contributed by atoms with E-state index >= 15 is 0 Å². The molecule has 0 aliphatic carbocycles. The number of halogens is 3. The third kappa shape index (κ3) is 4.33. The highest BCUT2D eigenvalue weighted by Gasteiger charge is 2.38. The van der Waals surface area contributed by atoms with E-state index in [2.05, 4.69) is 10.2 Å². The first-order valence-electron chi connectivity index (χ1n) is 9.65. The SMILES string of the molecule is [C-]#[N+]C1=C(C)N(c2cccc(C(F)(F)F)c2)C(=O)N[C@@H]1c1ccc(C#N)cc1S(=O)(=O)N(C)C. The van der Waals surface area contributed by atoms with Crippen molar-refractivity contribution in [3.05, 3.63) is 82.0 Å². The molecule has 0 aromatic heterocycles. The second-order valence-corrected chi connectivity index (χ2v) is 9.62. The van der Waals surface area contributed by atoms with Gasteiger partial charge in [-0.05, 0) is 42.8 Å². The van der Waals surface area contributed by atoms with Gasteiger partial charge in [0.25, 0.3) is 0 Å². The molecule has 8 nitrogen and oxygen atoms in total. The molecule has 2 amide bonds. The van der Waals surface area contributed by atoms with Gasteiger partial charge < -0.3 is 5.32 Å². The minimum absolute atomic E-state index is 0.0423. The largest absolute Gasteiger partial charge is 0.416 e. The maximum atomic E-state index is 13.2. The molecule has 1 N–H and O–H groups in total. The van der Waals surface area contributed by atoms with Gasteiger partial charge in [-0.25, -0.2) is 22.4 Å². The highest BCUT2D eigenvalue weighted by atomic mass is 32.2. The van der Waals surface area contributed by atoms with Crippen LogP contribution >= 0.6 is 0 Å². The van der Waals surface area contributed by atoms with Crippen LogP contribution in [0.1, 0.15) is 29.7 Å². The number of allylic oxidation sites excluding steroid dienone is 1. The highest BCUT2D eigenvalue weighted by molar-refractivity contribution is 7.89. The summed E-state index contributed by atoms with van der Waals surface area (Å²) in [4.78, 5) is 17.1. The van der Waals surface area contributed by atoms with E-state index in [0.29, 0.717) is 0 Å². The van der Waals surface area contributed by atoms with Crippen LogP contribution in [0.25, 0.3) is 4.85 Å². The fourth-order valence-corrected chi connectivity index (χ4v) is 4.65. The number of rotatable bonds is 4. The molecule has 12 heteroatoms. The van der Waals surface area contributed by atoms with E-state index in [4.69, 9.17) is 6.57 Å². The van der Waals surface area contributed by atoms with Crippen molar-refractivity contribution in [3.8, 4) is 6.07 Å². The third-order valence-electron chi connectivity index (χ3n) is 5.21. The number of anilines is 1. The summed E-state index contributed by atoms with van der Waals surface area (Å²) < 4.78 is 66.3. The Morgan fingerprint density at radius 2 is 1.88 bits per heavy atom. The predicted molar refractivity (Wildman–Crippen MR) is 117 cm³/mol. The summed E-state index contributed by atoms with van der Waals surface area (Å²) in [6.45, 7) is 9.05. The van der Waals surface area contributed by atoms with Gasteiger partial charge in [-0.2, -0.15) is 18.4 Å². The number of nitriles is 1. The molecule has 1 atom stereocenters. The Morgan fingerprint density at radius 3 is 2.44 bits per heavy atom. The lowest BCUT2D eigenvalue weighted by atomic mass is 9.99. The van der Waals surface area contributed by atoms with Crippen LogP contribution in [0.3, 0.4) is 0 Å². The molecule has 1 heterocycles. The van der Waals surface area contributed by atoms with Crippen molar-refractivity contribution in [1.82, 2.24) is 9.62 Å². The molecule has 176 valence electrons. The van der Waals surface area contributed by atoms with Gasteiger partial charge in [0.1, 0.15) is 0 Å². The number of hydrogen-bond donors (Lipinski definition) is 1. The first-order chi connectivity index (χ1) is 15.8. The van der Waals surface area contributed by atoms with E-state index in [9.17, 15) is 31.6 Å². The summed E-state index contributed by atoms with van der Waals surface area (Å²) in [5, 5.41) is 11.7. The van der Waals surface area contributed by atoms with Crippen molar-refractivity contribution < 1.29 is 26.4 Å². The zero-order chi connectivity index (χ0) is 25.4. The number of hydrogen-bond acceptors (Lipinski definition) is 4. The molecule has 0 unspecified atom stereocenters. The molecule has 0 fully saturated rings. The Morgan fingerprint density at radius 1 is 1.21 bits per heavy atom. The van der Waals surface area contributed by atoms with Gasteiger partial charge in [0.2, 0.25) is 15.7 Å². The van der Waals surface area contributed by atoms with Crippen LogP contribution in [-0.4, -0.2) is 32.8 Å². The maximum absolute atomic E-state index is 13.2. The van der Waals surface area contributed by atoms with Gasteiger partial charge in [0, 0.05) is 25.5 Å². The second-order valence-electron chi connectivity index (χ2n) is 7.50. The van der Waals surface area contributed by atoms with Crippen molar-refractivity contribution >= 4 is 21.7 Å². The summed E-state index contributed by atoms with van der Waals surface area (Å²) in [7, 11) is -1.49. The maximum Gasteiger partial charge on any atom is 0.416 e. The summed E-state index contributed by atoms with van der Waals surface area (Å²) in [5.74, 6) is 0. The first kappa shape index (κ1) is 24.8. The van der Waals surface area contributed by atoms with Crippen LogP contribution < -0.4 is 10.2 Å². The van der Waals surface area contributed by atoms with Gasteiger partial charge in [-0.3, -0.25) is 4.90 Å². The van der Waals surface area contributed by atoms with E-state index in [0.717, 1.165) is 33.5 Å². The molecule has 2 aromatic carbocycles. The lowest BCUT2D eigenvalue weighted by molar-refractivity contribution is -0.137. The van der Waals surface area contributed by atoms with Gasteiger partial charge in [0.15, 0.2) is 0 Å². The zero-order valence-corrected chi connectivity index (χ0v) is 19.0. The second kappa shape index (κ2) is 8.82. The summed E-state index contributed by atoms with van der Waals surface area (Å²) in [6, 6.07) is 7.72. The van der Waals surface area contributed by atoms with Gasteiger partial charge >= 0.3 is 12.2 Å². The molecule has 34 heavy (non-hydrogen) atoms. The van der Waals surface area contributed by atoms with E-state index in [1.54, 1.807) is 0 Å². The fraction of sp³-hybridized carbons (Fsp3) is 0.227. The predicted octanol–water partition coefficient (Wildman–Crippen LogP) is 4.25. The number of carbonyl (C=O) groups is 1. The average Bonchev–Trinajstić information content (AvgIpc) is 2.78. The number of carbonyl (C=O) groups excluding carboxylic acids is 1. The Labute approximate surface area is 194 Å². The molecule has 1 aliphatic rings. The molecule has 0 spiro atoms. The minimum Gasteiger partial charge on any atom is -0.335 e. The number of nitrogens with zero attached hydrogens (tertiary/aromatic N) is 4. The average molecular weight is 489 g/mol. The van der Waals surface area contributed by atoms with Crippen molar-refractivity contribution in [1.29, 1.82) is 5.26 Å². The zero-order valence-electron chi connectivity index (χ0n) is 18.2. The van der Waals surface area contributed by atoms with Crippen molar-refractivity contribution in [2.75, 3.05) is 19.0 Å². The topological polar surface area (TPSA) is 97.9 Å². The molecule has 3 rings (SSSR count). The minimum atomic E-state index is -4.64. The Hall–Kier alpha value is -3.87. The van der Waals surface area contributed by atoms with Crippen LogP contribution in [0, 0.1) is 17.9 Å². The molecule has 0 saturated heterocycles. The smallest absolute Gasteiger partial charge is 0.335 e. The fourth-order valence-electron chi connectivity index (χ4n) is 3.50. The lowest BCUT2D eigenvalue weighted by Gasteiger charge is -2.35. The number of amides is 2. The van der Waals surface area contributed by atoms with Crippen molar-refractivity contribution in [2.24, 2.45) is 0 Å². The van der Waals surface area contributed by atoms with E-state index in [1.165, 1.54) is 39.2 Å². The van der Waals surface area contributed by atoms with Crippen molar-refractivity contribution in [2.45, 2.75) is 24.0 Å². The quantitative estimate of drug-likeness (QED) is 0.650. The van der Waals surface area contributed by atoms with Crippen molar-refractivity contribution in [3.63, 3.8) is 0 Å². The van der Waals surface area contributed by atoms with Crippen LogP contribution in [0.4, 0.5) is 23.7 Å². The summed E-state index contributed by atoms with van der Waals surface area (Å²) in [5.41, 5.74) is -1.01. The monoisotopic (exact) mass is 489 g/mol. The van der Waals surface area contributed by atoms with Crippen LogP contribution in [-0.2, 0) is 16.2 Å². The molecule has 0 bridgehead atoms.